The average molecular weight is 423 g/mol. The molecule has 1 saturated heterocycles. The lowest BCUT2D eigenvalue weighted by Crippen LogP contribution is -2.47. The highest BCUT2D eigenvalue weighted by atomic mass is 16.3. The zero-order valence-corrected chi connectivity index (χ0v) is 17.9. The predicted molar refractivity (Wildman–Crippen MR) is 117 cm³/mol. The van der Waals surface area contributed by atoms with Gasteiger partial charge in [-0.25, -0.2) is 0 Å². The van der Waals surface area contributed by atoms with Gasteiger partial charge in [-0.05, 0) is 50.4 Å². The first-order valence-electron chi connectivity index (χ1n) is 11.4. The van der Waals surface area contributed by atoms with E-state index in [1.165, 1.54) is 0 Å². The van der Waals surface area contributed by atoms with Crippen LogP contribution in [-0.2, 0) is 11.3 Å². The lowest BCUT2D eigenvalue weighted by atomic mass is 9.85. The molecule has 1 aliphatic carbocycles. The number of nitrogens with one attached hydrogen (secondary N) is 1. The average Bonchev–Trinajstić information content (AvgIpc) is 2.96. The largest absolute Gasteiger partial charge is 0.396 e. The lowest BCUT2D eigenvalue weighted by Gasteiger charge is -2.38. The van der Waals surface area contributed by atoms with Crippen molar-refractivity contribution >= 4 is 5.91 Å². The number of aliphatic hydroxyl groups is 1. The summed E-state index contributed by atoms with van der Waals surface area (Å²) < 4.78 is 1.84. The SMILES string of the molecule is CCCN1[C@@H]2Cn3c(ccc(-c4cccnc4)c3=O)[C@H]1[C@@H](C(=O)NC1CCC1)[C@@H]2CO. The smallest absolute Gasteiger partial charge is 0.258 e. The van der Waals surface area contributed by atoms with Crippen LogP contribution in [0.4, 0.5) is 0 Å². The summed E-state index contributed by atoms with van der Waals surface area (Å²) in [5, 5.41) is 13.5. The van der Waals surface area contributed by atoms with E-state index in [1.54, 1.807) is 12.4 Å². The second-order valence-corrected chi connectivity index (χ2v) is 9.09. The molecule has 2 fully saturated rings. The molecule has 0 radical (unpaired) electrons. The zero-order chi connectivity index (χ0) is 21.5. The van der Waals surface area contributed by atoms with E-state index in [1.807, 2.05) is 28.8 Å². The number of rotatable bonds is 6. The number of nitrogens with zero attached hydrogens (tertiary/aromatic N) is 3. The first-order chi connectivity index (χ1) is 15.1. The van der Waals surface area contributed by atoms with Crippen LogP contribution in [0.3, 0.4) is 0 Å². The minimum absolute atomic E-state index is 0.0228. The molecule has 2 aromatic rings. The fourth-order valence-electron chi connectivity index (χ4n) is 5.68. The number of hydrogen-bond donors (Lipinski definition) is 2. The topological polar surface area (TPSA) is 87.5 Å². The van der Waals surface area contributed by atoms with Crippen LogP contribution < -0.4 is 10.9 Å². The number of aromatic nitrogens is 2. The highest BCUT2D eigenvalue weighted by Crippen LogP contribution is 2.48. The maximum absolute atomic E-state index is 13.5. The van der Waals surface area contributed by atoms with E-state index >= 15 is 0 Å². The van der Waals surface area contributed by atoms with Gasteiger partial charge in [-0.3, -0.25) is 19.5 Å². The quantitative estimate of drug-likeness (QED) is 0.743. The van der Waals surface area contributed by atoms with E-state index < -0.39 is 0 Å². The summed E-state index contributed by atoms with van der Waals surface area (Å²) in [6.07, 6.45) is 7.57. The van der Waals surface area contributed by atoms with Crippen LogP contribution in [-0.4, -0.2) is 50.7 Å². The van der Waals surface area contributed by atoms with Crippen molar-refractivity contribution in [3.8, 4) is 11.1 Å². The van der Waals surface area contributed by atoms with Crippen molar-refractivity contribution in [3.63, 3.8) is 0 Å². The van der Waals surface area contributed by atoms with Gasteiger partial charge >= 0.3 is 0 Å². The monoisotopic (exact) mass is 422 g/mol. The molecule has 0 unspecified atom stereocenters. The lowest BCUT2D eigenvalue weighted by molar-refractivity contribution is -0.128. The van der Waals surface area contributed by atoms with Crippen molar-refractivity contribution in [1.82, 2.24) is 19.8 Å². The molecule has 3 aliphatic rings. The Balaban J connectivity index is 1.58. The minimum atomic E-state index is -0.348. The molecule has 4 heterocycles. The van der Waals surface area contributed by atoms with Crippen LogP contribution in [0.2, 0.25) is 0 Å². The molecule has 5 rings (SSSR count). The first kappa shape index (κ1) is 20.4. The maximum Gasteiger partial charge on any atom is 0.258 e. The molecule has 164 valence electrons. The van der Waals surface area contributed by atoms with Crippen LogP contribution in [0.15, 0.2) is 41.5 Å². The summed E-state index contributed by atoms with van der Waals surface area (Å²) in [6, 6.07) is 7.62. The summed E-state index contributed by atoms with van der Waals surface area (Å²) >= 11 is 0. The van der Waals surface area contributed by atoms with Crippen molar-refractivity contribution < 1.29 is 9.90 Å². The van der Waals surface area contributed by atoms with Crippen LogP contribution in [0, 0.1) is 11.8 Å². The van der Waals surface area contributed by atoms with Gasteiger partial charge in [0.2, 0.25) is 5.91 Å². The van der Waals surface area contributed by atoms with E-state index in [0.29, 0.717) is 12.1 Å². The molecule has 2 N–H and O–H groups in total. The number of carbonyl (C=O) groups is 1. The Bertz CT molecular complexity index is 1020. The van der Waals surface area contributed by atoms with Crippen LogP contribution in [0.25, 0.3) is 11.1 Å². The number of pyridine rings is 2. The van der Waals surface area contributed by atoms with Gasteiger partial charge in [0.1, 0.15) is 0 Å². The molecule has 0 aromatic carbocycles. The van der Waals surface area contributed by atoms with Gasteiger partial charge in [0.05, 0.1) is 12.0 Å². The van der Waals surface area contributed by atoms with E-state index in [9.17, 15) is 14.7 Å². The fraction of sp³-hybridized carbons (Fsp3) is 0.542. The summed E-state index contributed by atoms with van der Waals surface area (Å²) in [5.41, 5.74) is 2.25. The van der Waals surface area contributed by atoms with Crippen molar-refractivity contribution in [1.29, 1.82) is 0 Å². The van der Waals surface area contributed by atoms with Crippen molar-refractivity contribution in [2.24, 2.45) is 11.8 Å². The van der Waals surface area contributed by atoms with Crippen LogP contribution in [0.1, 0.15) is 44.3 Å². The molecule has 0 spiro atoms. The molecule has 31 heavy (non-hydrogen) atoms. The normalized spacial score (nSPS) is 27.5. The number of carbonyl (C=O) groups excluding carboxylic acids is 1. The first-order valence-corrected chi connectivity index (χ1v) is 11.4. The highest BCUT2D eigenvalue weighted by molar-refractivity contribution is 5.81. The predicted octanol–water partition coefficient (Wildman–Crippen LogP) is 1.95. The molecule has 2 aliphatic heterocycles. The third-order valence-corrected chi connectivity index (χ3v) is 7.38. The van der Waals surface area contributed by atoms with Gasteiger partial charge in [0, 0.05) is 60.4 Å². The number of hydrogen-bond acceptors (Lipinski definition) is 5. The van der Waals surface area contributed by atoms with E-state index in [0.717, 1.165) is 43.5 Å². The van der Waals surface area contributed by atoms with Gasteiger partial charge in [-0.2, -0.15) is 0 Å². The summed E-state index contributed by atoms with van der Waals surface area (Å²) in [5.74, 6) is -0.508. The summed E-state index contributed by atoms with van der Waals surface area (Å²) in [7, 11) is 0. The molecular formula is C24H30N4O3. The van der Waals surface area contributed by atoms with Gasteiger partial charge < -0.3 is 15.0 Å². The fourth-order valence-corrected chi connectivity index (χ4v) is 5.68. The van der Waals surface area contributed by atoms with E-state index in [-0.39, 0.29) is 48.0 Å². The maximum atomic E-state index is 13.5. The third kappa shape index (κ3) is 3.31. The minimum Gasteiger partial charge on any atom is -0.396 e. The van der Waals surface area contributed by atoms with Gasteiger partial charge in [-0.15, -0.1) is 0 Å². The second-order valence-electron chi connectivity index (χ2n) is 9.09. The van der Waals surface area contributed by atoms with E-state index in [2.05, 4.69) is 22.1 Å². The van der Waals surface area contributed by atoms with Gasteiger partial charge in [-0.1, -0.05) is 13.0 Å². The molecule has 2 aromatic heterocycles. The van der Waals surface area contributed by atoms with Crippen molar-refractivity contribution in [2.45, 2.75) is 57.3 Å². The summed E-state index contributed by atoms with van der Waals surface area (Å²) in [6.45, 7) is 3.42. The molecule has 4 atom stereocenters. The third-order valence-electron chi connectivity index (χ3n) is 7.38. The number of fused-ring (bicyclic) bond motifs is 4. The number of aliphatic hydroxyl groups excluding tert-OH is 1. The molecular weight excluding hydrogens is 392 g/mol. The van der Waals surface area contributed by atoms with Crippen molar-refractivity contribution in [3.05, 3.63) is 52.7 Å². The Morgan fingerprint density at radius 3 is 2.77 bits per heavy atom. The van der Waals surface area contributed by atoms with Crippen LogP contribution >= 0.6 is 0 Å². The molecule has 7 heteroatoms. The Hall–Kier alpha value is -2.51. The highest BCUT2D eigenvalue weighted by Gasteiger charge is 2.55. The van der Waals surface area contributed by atoms with E-state index in [4.69, 9.17) is 0 Å². The molecule has 1 amide bonds. The Morgan fingerprint density at radius 1 is 1.29 bits per heavy atom. The van der Waals surface area contributed by atoms with Gasteiger partial charge in [0.15, 0.2) is 0 Å². The number of amides is 1. The second kappa shape index (κ2) is 8.20. The Labute approximate surface area is 182 Å². The summed E-state index contributed by atoms with van der Waals surface area (Å²) in [4.78, 5) is 33.3. The Kier molecular flexibility index (Phi) is 5.40. The van der Waals surface area contributed by atoms with Crippen LogP contribution in [0.5, 0.6) is 0 Å². The molecule has 1 saturated carbocycles. The van der Waals surface area contributed by atoms with Crippen molar-refractivity contribution in [2.75, 3.05) is 13.2 Å². The molecule has 2 bridgehead atoms. The zero-order valence-electron chi connectivity index (χ0n) is 17.9. The van der Waals surface area contributed by atoms with Gasteiger partial charge in [0.25, 0.3) is 5.56 Å². The standard InChI is InChI=1S/C24H30N4O3/c1-2-11-27-20-13-28-19(9-8-17(24(28)31)15-5-4-10-25-12-15)22(27)21(18(20)14-29)23(30)26-16-6-3-7-16/h4-5,8-10,12,16,18,20-22,29H,2-3,6-7,11,13-14H2,1H3,(H,26,30)/t18-,20-,21+,22+/m1/s1. The molecule has 7 nitrogen and oxygen atoms in total. The Morgan fingerprint density at radius 2 is 2.13 bits per heavy atom.